The molecule has 0 radical (unpaired) electrons. The topological polar surface area (TPSA) is 31.0 Å². The van der Waals surface area contributed by atoms with Gasteiger partial charge in [0.2, 0.25) is 0 Å². The van der Waals surface area contributed by atoms with Crippen LogP contribution in [0.1, 0.15) is 74.3 Å². The molecule has 0 bridgehead atoms. The number of aryl methyl sites for hydroxylation is 2. The van der Waals surface area contributed by atoms with Crippen LogP contribution in [0.2, 0.25) is 0 Å². The molecule has 0 aliphatic carbocycles. The fourth-order valence-electron chi connectivity index (χ4n) is 5.90. The molecule has 0 N–H and O–H groups in total. The molecule has 2 heterocycles. The number of aromatic nitrogens is 2. The Bertz CT molecular complexity index is 1910. The Kier molecular flexibility index (Phi) is 6.48. The van der Waals surface area contributed by atoms with Crippen LogP contribution in [0.25, 0.3) is 50.0 Å². The third kappa shape index (κ3) is 4.41. The second kappa shape index (κ2) is 9.79. The first-order valence-corrected chi connectivity index (χ1v) is 14.2. The first-order chi connectivity index (χ1) is 19.5. The van der Waals surface area contributed by atoms with Crippen LogP contribution in [0.5, 0.6) is 0 Å². The Labute approximate surface area is 237 Å². The lowest BCUT2D eigenvalue weighted by molar-refractivity contribution is -0.137. The van der Waals surface area contributed by atoms with E-state index in [4.69, 9.17) is 9.40 Å². The van der Waals surface area contributed by atoms with E-state index in [1.165, 1.54) is 22.8 Å². The number of rotatable bonds is 5. The summed E-state index contributed by atoms with van der Waals surface area (Å²) in [6.07, 6.45) is -3.51. The smallest absolute Gasteiger partial charge is 0.416 e. The molecule has 3 nitrogen and oxygen atoms in total. The Morgan fingerprint density at radius 3 is 2.15 bits per heavy atom. The van der Waals surface area contributed by atoms with E-state index in [9.17, 15) is 13.2 Å². The highest BCUT2D eigenvalue weighted by atomic mass is 19.4. The van der Waals surface area contributed by atoms with Gasteiger partial charge in [0.25, 0.3) is 0 Å². The minimum atomic E-state index is -4.45. The van der Waals surface area contributed by atoms with Gasteiger partial charge in [0, 0.05) is 10.8 Å². The first-order valence-electron chi connectivity index (χ1n) is 14.2. The Balaban J connectivity index is 1.75. The van der Waals surface area contributed by atoms with Gasteiger partial charge in [0.15, 0.2) is 0 Å². The zero-order valence-corrected chi connectivity index (χ0v) is 24.1. The fourth-order valence-corrected chi connectivity index (χ4v) is 5.90. The van der Waals surface area contributed by atoms with E-state index in [1.807, 2.05) is 37.3 Å². The molecule has 0 spiro atoms. The minimum absolute atomic E-state index is 0.211. The van der Waals surface area contributed by atoms with Crippen LogP contribution in [0, 0.1) is 6.92 Å². The SMILES string of the molecule is CCc1cc(C(C)C)c(-n2c(-c3c(C)ccc4c3oc3cc(C(F)(F)F)ccc34)nc3ccccc32)c(C(C)C)c1. The lowest BCUT2D eigenvalue weighted by Gasteiger charge is -2.24. The fraction of sp³-hybridized carbons (Fsp3) is 0.286. The van der Waals surface area contributed by atoms with Gasteiger partial charge in [0.05, 0.1) is 27.8 Å². The molecule has 6 heteroatoms. The minimum Gasteiger partial charge on any atom is -0.455 e. The standard InChI is InChI=1S/C35H33F3N2O/c1-7-22-16-26(19(2)3)32(27(17-22)20(4)5)40-29-11-9-8-10-28(29)39-34(40)31-21(6)12-14-25-24-15-13-23(35(36,37)38)18-30(24)41-33(25)31/h8-20H,7H2,1-6H3. The average molecular weight is 555 g/mol. The van der Waals surface area contributed by atoms with Gasteiger partial charge in [0.1, 0.15) is 17.0 Å². The molecule has 0 saturated heterocycles. The van der Waals surface area contributed by atoms with Crippen LogP contribution in [0.4, 0.5) is 13.2 Å². The van der Waals surface area contributed by atoms with Gasteiger partial charge in [-0.15, -0.1) is 0 Å². The summed E-state index contributed by atoms with van der Waals surface area (Å²) < 4.78 is 49.2. The second-order valence-electron chi connectivity index (χ2n) is 11.5. The third-order valence-electron chi connectivity index (χ3n) is 8.07. The molecule has 0 amide bonds. The monoisotopic (exact) mass is 554 g/mol. The van der Waals surface area contributed by atoms with Crippen molar-refractivity contribution in [2.45, 2.75) is 66.0 Å². The maximum absolute atomic E-state index is 13.5. The molecule has 6 aromatic rings. The van der Waals surface area contributed by atoms with E-state index in [-0.39, 0.29) is 17.4 Å². The van der Waals surface area contributed by atoms with Gasteiger partial charge in [-0.1, -0.05) is 71.0 Å². The highest BCUT2D eigenvalue weighted by molar-refractivity contribution is 6.10. The van der Waals surface area contributed by atoms with Crippen molar-refractivity contribution in [3.63, 3.8) is 0 Å². The molecule has 41 heavy (non-hydrogen) atoms. The van der Waals surface area contributed by atoms with E-state index < -0.39 is 11.7 Å². The van der Waals surface area contributed by atoms with Gasteiger partial charge in [-0.2, -0.15) is 13.2 Å². The number of halogens is 3. The zero-order chi connectivity index (χ0) is 29.2. The summed E-state index contributed by atoms with van der Waals surface area (Å²) in [6.45, 7) is 13.0. The van der Waals surface area contributed by atoms with Crippen molar-refractivity contribution in [3.8, 4) is 17.1 Å². The number of alkyl halides is 3. The van der Waals surface area contributed by atoms with Crippen molar-refractivity contribution in [1.82, 2.24) is 9.55 Å². The number of imidazole rings is 1. The summed E-state index contributed by atoms with van der Waals surface area (Å²) in [5.74, 6) is 1.23. The van der Waals surface area contributed by atoms with E-state index in [0.29, 0.717) is 11.0 Å². The highest BCUT2D eigenvalue weighted by Crippen LogP contribution is 2.43. The number of hydrogen-bond acceptors (Lipinski definition) is 2. The number of nitrogens with zero attached hydrogens (tertiary/aromatic N) is 2. The summed E-state index contributed by atoms with van der Waals surface area (Å²) >= 11 is 0. The Morgan fingerprint density at radius 1 is 0.854 bits per heavy atom. The quantitative estimate of drug-likeness (QED) is 0.212. The van der Waals surface area contributed by atoms with E-state index in [0.717, 1.165) is 57.6 Å². The van der Waals surface area contributed by atoms with Gasteiger partial charge in [-0.05, 0) is 77.8 Å². The molecule has 0 atom stereocenters. The molecule has 210 valence electrons. The van der Waals surface area contributed by atoms with E-state index in [2.05, 4.69) is 57.4 Å². The Morgan fingerprint density at radius 2 is 1.51 bits per heavy atom. The van der Waals surface area contributed by atoms with Crippen LogP contribution in [0.3, 0.4) is 0 Å². The van der Waals surface area contributed by atoms with Crippen LogP contribution < -0.4 is 0 Å². The molecule has 6 rings (SSSR count). The molecular weight excluding hydrogens is 521 g/mol. The number of furan rings is 1. The largest absolute Gasteiger partial charge is 0.455 e. The predicted molar refractivity (Wildman–Crippen MR) is 161 cm³/mol. The maximum Gasteiger partial charge on any atom is 0.416 e. The lowest BCUT2D eigenvalue weighted by Crippen LogP contribution is -2.10. The first kappa shape index (κ1) is 27.1. The molecule has 0 aliphatic heterocycles. The zero-order valence-electron chi connectivity index (χ0n) is 24.1. The number of fused-ring (bicyclic) bond motifs is 4. The summed E-state index contributed by atoms with van der Waals surface area (Å²) in [4.78, 5) is 5.16. The van der Waals surface area contributed by atoms with Gasteiger partial charge in [-0.25, -0.2) is 4.98 Å². The van der Waals surface area contributed by atoms with Gasteiger partial charge >= 0.3 is 6.18 Å². The molecule has 4 aromatic carbocycles. The maximum atomic E-state index is 13.5. The van der Waals surface area contributed by atoms with Gasteiger partial charge < -0.3 is 4.42 Å². The molecule has 0 fully saturated rings. The predicted octanol–water partition coefficient (Wildman–Crippen LogP) is 10.7. The van der Waals surface area contributed by atoms with Crippen molar-refractivity contribution < 1.29 is 17.6 Å². The average Bonchev–Trinajstić information content (AvgIpc) is 3.49. The molecule has 0 unspecified atom stereocenters. The van der Waals surface area contributed by atoms with Crippen LogP contribution in [0.15, 0.2) is 71.1 Å². The van der Waals surface area contributed by atoms with Gasteiger partial charge in [-0.3, -0.25) is 4.57 Å². The molecule has 0 aliphatic rings. The van der Waals surface area contributed by atoms with Crippen LogP contribution in [-0.2, 0) is 12.6 Å². The molecule has 2 aromatic heterocycles. The highest BCUT2D eigenvalue weighted by Gasteiger charge is 2.32. The Hall–Kier alpha value is -4.06. The number of para-hydroxylation sites is 2. The van der Waals surface area contributed by atoms with Crippen LogP contribution >= 0.6 is 0 Å². The number of benzene rings is 4. The van der Waals surface area contributed by atoms with Crippen molar-refractivity contribution in [2.24, 2.45) is 0 Å². The lowest BCUT2D eigenvalue weighted by atomic mass is 9.89. The van der Waals surface area contributed by atoms with Crippen molar-refractivity contribution in [2.75, 3.05) is 0 Å². The van der Waals surface area contributed by atoms with E-state index >= 15 is 0 Å². The van der Waals surface area contributed by atoms with Crippen molar-refractivity contribution in [1.29, 1.82) is 0 Å². The second-order valence-corrected chi connectivity index (χ2v) is 11.5. The van der Waals surface area contributed by atoms with Crippen molar-refractivity contribution >= 4 is 33.0 Å². The van der Waals surface area contributed by atoms with E-state index in [1.54, 1.807) is 0 Å². The summed E-state index contributed by atoms with van der Waals surface area (Å²) in [7, 11) is 0. The summed E-state index contributed by atoms with van der Waals surface area (Å²) in [6, 6.07) is 20.3. The molecule has 0 saturated carbocycles. The summed E-state index contributed by atoms with van der Waals surface area (Å²) in [5, 5.41) is 1.41. The molecular formula is C35H33F3N2O. The normalized spacial score (nSPS) is 12.6. The third-order valence-corrected chi connectivity index (χ3v) is 8.07. The number of hydrogen-bond donors (Lipinski definition) is 0. The summed E-state index contributed by atoms with van der Waals surface area (Å²) in [5.41, 5.74) is 8.45. The van der Waals surface area contributed by atoms with Crippen LogP contribution in [-0.4, -0.2) is 9.55 Å². The van der Waals surface area contributed by atoms with Crippen molar-refractivity contribution in [3.05, 3.63) is 94.5 Å².